The molecule has 1 aromatic heterocycles. The van der Waals surface area contributed by atoms with Crippen LogP contribution in [0.3, 0.4) is 0 Å². The van der Waals surface area contributed by atoms with E-state index in [9.17, 15) is 13.2 Å². The van der Waals surface area contributed by atoms with Crippen LogP contribution in [0.25, 0.3) is 10.8 Å². The van der Waals surface area contributed by atoms with Crippen molar-refractivity contribution in [2.45, 2.75) is 17.4 Å². The van der Waals surface area contributed by atoms with E-state index in [1.54, 1.807) is 18.2 Å². The normalized spacial score (nSPS) is 13.2. The van der Waals surface area contributed by atoms with Crippen LogP contribution in [0.5, 0.6) is 0 Å². The first-order chi connectivity index (χ1) is 9.95. The number of carboxylic acid groups (broad SMARTS) is 1. The molecule has 1 aromatic carbocycles. The van der Waals surface area contributed by atoms with E-state index in [1.807, 2.05) is 0 Å². The first kappa shape index (κ1) is 15.4. The van der Waals surface area contributed by atoms with Gasteiger partial charge in [0.05, 0.1) is 4.90 Å². The van der Waals surface area contributed by atoms with Gasteiger partial charge in [0.2, 0.25) is 10.0 Å². The van der Waals surface area contributed by atoms with Gasteiger partial charge in [-0.25, -0.2) is 8.42 Å². The number of aliphatic hydroxyl groups excluding tert-OH is 1. The Balaban J connectivity index is 2.44. The Morgan fingerprint density at radius 1 is 1.33 bits per heavy atom. The topological polar surface area (TPSA) is 117 Å². The Hall–Kier alpha value is -2.03. The molecule has 1 atom stereocenters. The molecule has 0 spiro atoms. The van der Waals surface area contributed by atoms with Gasteiger partial charge in [-0.05, 0) is 18.6 Å². The second-order valence-electron chi connectivity index (χ2n) is 4.38. The molecule has 1 unspecified atom stereocenters. The molecule has 0 amide bonds. The van der Waals surface area contributed by atoms with Crippen molar-refractivity contribution in [2.24, 2.45) is 0 Å². The number of aliphatic hydroxyl groups is 1. The van der Waals surface area contributed by atoms with Gasteiger partial charge in [0.15, 0.2) is 0 Å². The monoisotopic (exact) mass is 310 g/mol. The summed E-state index contributed by atoms with van der Waals surface area (Å²) in [6.45, 7) is -0.432. The van der Waals surface area contributed by atoms with Crippen molar-refractivity contribution in [3.8, 4) is 0 Å². The summed E-state index contributed by atoms with van der Waals surface area (Å²) in [5, 5.41) is 18.9. The number of carbonyl (C=O) groups is 1. The van der Waals surface area contributed by atoms with Crippen molar-refractivity contribution in [3.05, 3.63) is 36.7 Å². The van der Waals surface area contributed by atoms with E-state index in [2.05, 4.69) is 9.71 Å². The molecule has 0 saturated carbocycles. The van der Waals surface area contributed by atoms with E-state index in [4.69, 9.17) is 10.2 Å². The minimum absolute atomic E-state index is 0.0217. The van der Waals surface area contributed by atoms with Gasteiger partial charge in [-0.2, -0.15) is 4.72 Å². The Bertz CT molecular complexity index is 755. The fourth-order valence-corrected chi connectivity index (χ4v) is 3.39. The van der Waals surface area contributed by atoms with Crippen molar-refractivity contribution >= 4 is 26.8 Å². The number of rotatable bonds is 6. The van der Waals surface area contributed by atoms with Crippen molar-refractivity contribution in [3.63, 3.8) is 0 Å². The Morgan fingerprint density at radius 3 is 2.76 bits per heavy atom. The fraction of sp³-hybridized carbons (Fsp3) is 0.231. The van der Waals surface area contributed by atoms with Gasteiger partial charge in [-0.15, -0.1) is 0 Å². The van der Waals surface area contributed by atoms with Crippen LogP contribution >= 0.6 is 0 Å². The van der Waals surface area contributed by atoms with Gasteiger partial charge in [0.1, 0.15) is 6.04 Å². The first-order valence-corrected chi connectivity index (χ1v) is 7.63. The maximum atomic E-state index is 12.4. The highest BCUT2D eigenvalue weighted by atomic mass is 32.2. The van der Waals surface area contributed by atoms with E-state index in [0.717, 1.165) is 0 Å². The third kappa shape index (κ3) is 3.35. The predicted molar refractivity (Wildman–Crippen MR) is 75.2 cm³/mol. The van der Waals surface area contributed by atoms with E-state index in [-0.39, 0.29) is 11.3 Å². The molecule has 1 heterocycles. The summed E-state index contributed by atoms with van der Waals surface area (Å²) in [5.74, 6) is -1.34. The molecule has 2 rings (SSSR count). The lowest BCUT2D eigenvalue weighted by Crippen LogP contribution is -2.41. The molecule has 0 saturated heterocycles. The van der Waals surface area contributed by atoms with Crippen LogP contribution in [0.4, 0.5) is 0 Å². The Morgan fingerprint density at radius 2 is 2.10 bits per heavy atom. The number of sulfonamides is 1. The van der Waals surface area contributed by atoms with E-state index >= 15 is 0 Å². The molecule has 3 N–H and O–H groups in total. The minimum Gasteiger partial charge on any atom is -0.480 e. The van der Waals surface area contributed by atoms with Crippen LogP contribution in [-0.2, 0) is 14.8 Å². The molecular formula is C13H14N2O5S. The van der Waals surface area contributed by atoms with Crippen LogP contribution in [-0.4, -0.2) is 42.2 Å². The zero-order valence-electron chi connectivity index (χ0n) is 10.9. The van der Waals surface area contributed by atoms with Crippen LogP contribution < -0.4 is 4.72 Å². The van der Waals surface area contributed by atoms with Crippen molar-refractivity contribution in [1.82, 2.24) is 9.71 Å². The molecule has 2 aromatic rings. The van der Waals surface area contributed by atoms with Crippen molar-refractivity contribution < 1.29 is 23.4 Å². The van der Waals surface area contributed by atoms with Crippen LogP contribution in [0.1, 0.15) is 6.42 Å². The summed E-state index contributed by atoms with van der Waals surface area (Å²) in [5.41, 5.74) is 0. The summed E-state index contributed by atoms with van der Waals surface area (Å²) in [6, 6.07) is 4.83. The zero-order valence-corrected chi connectivity index (χ0v) is 11.7. The average molecular weight is 310 g/mol. The second-order valence-corrected chi connectivity index (χ2v) is 6.06. The van der Waals surface area contributed by atoms with E-state index in [0.29, 0.717) is 10.8 Å². The van der Waals surface area contributed by atoms with Gasteiger partial charge < -0.3 is 10.2 Å². The molecule has 7 nitrogen and oxygen atoms in total. The van der Waals surface area contributed by atoms with Crippen molar-refractivity contribution in [2.75, 3.05) is 6.61 Å². The number of hydrogen-bond acceptors (Lipinski definition) is 5. The predicted octanol–water partition coefficient (Wildman–Crippen LogP) is 0.349. The van der Waals surface area contributed by atoms with Crippen LogP contribution in [0, 0.1) is 0 Å². The van der Waals surface area contributed by atoms with Crippen LogP contribution in [0.2, 0.25) is 0 Å². The number of carboxylic acids is 1. The molecule has 8 heteroatoms. The van der Waals surface area contributed by atoms with Gasteiger partial charge in [-0.3, -0.25) is 9.78 Å². The van der Waals surface area contributed by atoms with E-state index < -0.39 is 28.6 Å². The number of hydrogen-bond donors (Lipinski definition) is 3. The van der Waals surface area contributed by atoms with E-state index in [1.165, 1.54) is 18.5 Å². The molecule has 21 heavy (non-hydrogen) atoms. The number of nitrogens with one attached hydrogen (secondary N) is 1. The molecular weight excluding hydrogens is 296 g/mol. The summed E-state index contributed by atoms with van der Waals surface area (Å²) in [7, 11) is -4.02. The van der Waals surface area contributed by atoms with Crippen LogP contribution in [0.15, 0.2) is 41.6 Å². The minimum atomic E-state index is -4.02. The maximum Gasteiger partial charge on any atom is 0.321 e. The second kappa shape index (κ2) is 6.17. The largest absolute Gasteiger partial charge is 0.480 e. The van der Waals surface area contributed by atoms with Gasteiger partial charge >= 0.3 is 5.97 Å². The molecule has 0 radical (unpaired) electrons. The lowest BCUT2D eigenvalue weighted by molar-refractivity contribution is -0.139. The molecule has 0 bridgehead atoms. The molecule has 0 aliphatic carbocycles. The summed E-state index contributed by atoms with van der Waals surface area (Å²) in [6.07, 6.45) is 2.78. The smallest absolute Gasteiger partial charge is 0.321 e. The lowest BCUT2D eigenvalue weighted by Gasteiger charge is -2.14. The average Bonchev–Trinajstić information content (AvgIpc) is 2.46. The van der Waals surface area contributed by atoms with Gasteiger partial charge in [0, 0.05) is 29.8 Å². The lowest BCUT2D eigenvalue weighted by atomic mass is 10.2. The highest BCUT2D eigenvalue weighted by molar-refractivity contribution is 7.89. The summed E-state index contributed by atoms with van der Waals surface area (Å²) < 4.78 is 26.8. The van der Waals surface area contributed by atoms with Crippen molar-refractivity contribution in [1.29, 1.82) is 0 Å². The maximum absolute atomic E-state index is 12.4. The highest BCUT2D eigenvalue weighted by Crippen LogP contribution is 2.22. The number of pyridine rings is 1. The number of benzene rings is 1. The number of fused-ring (bicyclic) bond motifs is 1. The van der Waals surface area contributed by atoms with Gasteiger partial charge in [-0.1, -0.05) is 12.1 Å². The third-order valence-corrected chi connectivity index (χ3v) is 4.47. The van der Waals surface area contributed by atoms with Gasteiger partial charge in [0.25, 0.3) is 0 Å². The molecule has 0 fully saturated rings. The third-order valence-electron chi connectivity index (χ3n) is 2.94. The standard InChI is InChI=1S/C13H14N2O5S/c16-7-5-11(13(17)18)15-21(19,20)12-3-1-2-9-8-14-6-4-10(9)12/h1-4,6,8,11,15-16H,5,7H2,(H,17,18). The summed E-state index contributed by atoms with van der Waals surface area (Å²) in [4.78, 5) is 14.9. The quantitative estimate of drug-likeness (QED) is 0.709. The first-order valence-electron chi connectivity index (χ1n) is 6.14. The zero-order chi connectivity index (χ0) is 15.5. The highest BCUT2D eigenvalue weighted by Gasteiger charge is 2.26. The number of aliphatic carboxylic acids is 1. The Labute approximate surface area is 121 Å². The Kier molecular flexibility index (Phi) is 4.51. The summed E-state index contributed by atoms with van der Waals surface area (Å²) >= 11 is 0. The number of aromatic nitrogens is 1. The SMILES string of the molecule is O=C(O)C(CCO)NS(=O)(=O)c1cccc2cnccc12. The molecule has 112 valence electrons. The number of nitrogens with zero attached hydrogens (tertiary/aromatic N) is 1. The molecule has 0 aliphatic rings. The fourth-order valence-electron chi connectivity index (χ4n) is 1.94. The molecule has 0 aliphatic heterocycles.